The molecule has 134 valence electrons. The van der Waals surface area contributed by atoms with Crippen LogP contribution < -0.4 is 14.8 Å². The Balaban J connectivity index is 1.54. The van der Waals surface area contributed by atoms with Crippen LogP contribution >= 0.6 is 0 Å². The summed E-state index contributed by atoms with van der Waals surface area (Å²) in [5.41, 5.74) is 1.12. The second kappa shape index (κ2) is 8.19. The SMILES string of the molecule is COc1cccc(CNCC2CN(C3CC3)CCO2)c1OC(C)C. The van der Waals surface area contributed by atoms with E-state index in [4.69, 9.17) is 14.2 Å². The molecule has 24 heavy (non-hydrogen) atoms. The molecule has 0 radical (unpaired) electrons. The summed E-state index contributed by atoms with van der Waals surface area (Å²) in [5.74, 6) is 1.63. The van der Waals surface area contributed by atoms with Crippen molar-refractivity contribution in [1.29, 1.82) is 0 Å². The van der Waals surface area contributed by atoms with Gasteiger partial charge in [-0.15, -0.1) is 0 Å². The van der Waals surface area contributed by atoms with Gasteiger partial charge in [0.05, 0.1) is 25.9 Å². The predicted molar refractivity (Wildman–Crippen MR) is 94.8 cm³/mol. The normalized spacial score (nSPS) is 21.9. The lowest BCUT2D eigenvalue weighted by Gasteiger charge is -2.33. The zero-order chi connectivity index (χ0) is 16.9. The number of hydrogen-bond donors (Lipinski definition) is 1. The molecule has 1 aliphatic carbocycles. The van der Waals surface area contributed by atoms with Crippen molar-refractivity contribution in [2.45, 2.75) is 51.5 Å². The number of methoxy groups -OCH3 is 1. The standard InChI is InChI=1S/C19H30N2O3/c1-14(2)24-19-15(5-4-6-18(19)22-3)11-20-12-17-13-21(9-10-23-17)16-7-8-16/h4-6,14,16-17,20H,7-13H2,1-3H3. The molecule has 1 heterocycles. The van der Waals surface area contributed by atoms with Gasteiger partial charge in [0.2, 0.25) is 0 Å². The topological polar surface area (TPSA) is 43.0 Å². The molecule has 3 rings (SSSR count). The van der Waals surface area contributed by atoms with Crippen molar-refractivity contribution in [3.05, 3.63) is 23.8 Å². The van der Waals surface area contributed by atoms with Crippen LogP contribution in [0, 0.1) is 0 Å². The average molecular weight is 334 g/mol. The van der Waals surface area contributed by atoms with Gasteiger partial charge in [-0.25, -0.2) is 0 Å². The molecule has 1 aromatic rings. The summed E-state index contributed by atoms with van der Waals surface area (Å²) in [7, 11) is 1.68. The van der Waals surface area contributed by atoms with Gasteiger partial charge < -0.3 is 19.5 Å². The van der Waals surface area contributed by atoms with Crippen LogP contribution in [0.15, 0.2) is 18.2 Å². The Hall–Kier alpha value is -1.30. The zero-order valence-electron chi connectivity index (χ0n) is 15.1. The molecule has 0 spiro atoms. The molecule has 5 heteroatoms. The molecular weight excluding hydrogens is 304 g/mol. The zero-order valence-corrected chi connectivity index (χ0v) is 15.1. The van der Waals surface area contributed by atoms with E-state index < -0.39 is 0 Å². The summed E-state index contributed by atoms with van der Waals surface area (Å²) in [6.45, 7) is 8.67. The van der Waals surface area contributed by atoms with Gasteiger partial charge in [-0.3, -0.25) is 4.90 Å². The molecule has 0 aromatic heterocycles. The van der Waals surface area contributed by atoms with Crippen LogP contribution in [0.25, 0.3) is 0 Å². The third-order valence-corrected chi connectivity index (χ3v) is 4.55. The van der Waals surface area contributed by atoms with E-state index in [1.807, 2.05) is 26.0 Å². The Morgan fingerprint density at radius 2 is 2.17 bits per heavy atom. The van der Waals surface area contributed by atoms with E-state index in [0.29, 0.717) is 0 Å². The molecule has 0 amide bonds. The summed E-state index contributed by atoms with van der Waals surface area (Å²) in [5, 5.41) is 3.53. The fraction of sp³-hybridized carbons (Fsp3) is 0.684. The quantitative estimate of drug-likeness (QED) is 0.791. The Labute approximate surface area is 145 Å². The highest BCUT2D eigenvalue weighted by molar-refractivity contribution is 5.46. The maximum absolute atomic E-state index is 5.96. The summed E-state index contributed by atoms with van der Waals surface area (Å²) in [4.78, 5) is 2.58. The van der Waals surface area contributed by atoms with Gasteiger partial charge in [-0.2, -0.15) is 0 Å². The van der Waals surface area contributed by atoms with Gasteiger partial charge in [0.1, 0.15) is 0 Å². The van der Waals surface area contributed by atoms with Crippen LogP contribution in [0.1, 0.15) is 32.3 Å². The Kier molecular flexibility index (Phi) is 5.98. The van der Waals surface area contributed by atoms with Crippen molar-refractivity contribution in [2.75, 3.05) is 33.4 Å². The van der Waals surface area contributed by atoms with Crippen molar-refractivity contribution in [1.82, 2.24) is 10.2 Å². The van der Waals surface area contributed by atoms with Gasteiger partial charge in [0, 0.05) is 37.8 Å². The molecule has 1 saturated heterocycles. The largest absolute Gasteiger partial charge is 0.493 e. The lowest BCUT2D eigenvalue weighted by molar-refractivity contribution is -0.0301. The number of rotatable bonds is 8. The van der Waals surface area contributed by atoms with Crippen molar-refractivity contribution in [2.24, 2.45) is 0 Å². The predicted octanol–water partition coefficient (Wildman–Crippen LogP) is 2.44. The number of para-hydroxylation sites is 1. The molecule has 1 aromatic carbocycles. The maximum Gasteiger partial charge on any atom is 0.166 e. The summed E-state index contributed by atoms with van der Waals surface area (Å²) in [6, 6.07) is 6.86. The highest BCUT2D eigenvalue weighted by Crippen LogP contribution is 2.32. The molecule has 1 N–H and O–H groups in total. The molecule has 2 fully saturated rings. The van der Waals surface area contributed by atoms with Gasteiger partial charge in [0.25, 0.3) is 0 Å². The molecule has 5 nitrogen and oxygen atoms in total. The summed E-state index contributed by atoms with van der Waals surface area (Å²) < 4.78 is 17.3. The Bertz CT molecular complexity index is 531. The minimum atomic E-state index is 0.119. The third-order valence-electron chi connectivity index (χ3n) is 4.55. The van der Waals surface area contributed by atoms with Gasteiger partial charge in [-0.1, -0.05) is 12.1 Å². The highest BCUT2D eigenvalue weighted by Gasteiger charge is 2.32. The van der Waals surface area contributed by atoms with Crippen LogP contribution in [0.3, 0.4) is 0 Å². The Morgan fingerprint density at radius 3 is 2.88 bits per heavy atom. The first-order chi connectivity index (χ1) is 11.7. The number of hydrogen-bond acceptors (Lipinski definition) is 5. The van der Waals surface area contributed by atoms with E-state index in [9.17, 15) is 0 Å². The Morgan fingerprint density at radius 1 is 1.33 bits per heavy atom. The minimum absolute atomic E-state index is 0.119. The fourth-order valence-electron chi connectivity index (χ4n) is 3.24. The van der Waals surface area contributed by atoms with E-state index in [0.717, 1.165) is 55.9 Å². The van der Waals surface area contributed by atoms with Crippen LogP contribution in [-0.2, 0) is 11.3 Å². The van der Waals surface area contributed by atoms with Crippen molar-refractivity contribution in [3.8, 4) is 11.5 Å². The first kappa shape index (κ1) is 17.5. The molecule has 2 aliphatic rings. The number of ether oxygens (including phenoxy) is 3. The van der Waals surface area contributed by atoms with Gasteiger partial charge in [0.15, 0.2) is 11.5 Å². The molecule has 1 atom stereocenters. The second-order valence-corrected chi connectivity index (χ2v) is 6.96. The van der Waals surface area contributed by atoms with Gasteiger partial charge in [-0.05, 0) is 32.8 Å². The monoisotopic (exact) mass is 334 g/mol. The molecular formula is C19H30N2O3. The lowest BCUT2D eigenvalue weighted by Crippen LogP contribution is -2.47. The van der Waals surface area contributed by atoms with Crippen molar-refractivity contribution < 1.29 is 14.2 Å². The van der Waals surface area contributed by atoms with E-state index in [1.54, 1.807) is 7.11 Å². The first-order valence-corrected chi connectivity index (χ1v) is 9.06. The van der Waals surface area contributed by atoms with Crippen LogP contribution in [0.2, 0.25) is 0 Å². The first-order valence-electron chi connectivity index (χ1n) is 9.06. The van der Waals surface area contributed by atoms with Gasteiger partial charge >= 0.3 is 0 Å². The van der Waals surface area contributed by atoms with E-state index in [-0.39, 0.29) is 12.2 Å². The molecule has 1 aliphatic heterocycles. The lowest BCUT2D eigenvalue weighted by atomic mass is 10.1. The maximum atomic E-state index is 5.96. The number of nitrogens with one attached hydrogen (secondary N) is 1. The van der Waals surface area contributed by atoms with Crippen LogP contribution in [-0.4, -0.2) is 56.5 Å². The summed E-state index contributed by atoms with van der Waals surface area (Å²) in [6.07, 6.45) is 3.12. The van der Waals surface area contributed by atoms with Crippen molar-refractivity contribution >= 4 is 0 Å². The van der Waals surface area contributed by atoms with E-state index >= 15 is 0 Å². The number of benzene rings is 1. The average Bonchev–Trinajstić information content (AvgIpc) is 3.41. The van der Waals surface area contributed by atoms with E-state index in [2.05, 4.69) is 16.3 Å². The minimum Gasteiger partial charge on any atom is -0.493 e. The molecule has 0 bridgehead atoms. The van der Waals surface area contributed by atoms with Crippen LogP contribution in [0.5, 0.6) is 11.5 Å². The van der Waals surface area contributed by atoms with E-state index in [1.165, 1.54) is 12.8 Å². The van der Waals surface area contributed by atoms with Crippen molar-refractivity contribution in [3.63, 3.8) is 0 Å². The van der Waals surface area contributed by atoms with Crippen LogP contribution in [0.4, 0.5) is 0 Å². The highest BCUT2D eigenvalue weighted by atomic mass is 16.5. The smallest absolute Gasteiger partial charge is 0.166 e. The molecule has 1 saturated carbocycles. The number of morpholine rings is 1. The number of nitrogens with zero attached hydrogens (tertiary/aromatic N) is 1. The third kappa shape index (κ3) is 4.62. The summed E-state index contributed by atoms with van der Waals surface area (Å²) >= 11 is 0. The fourth-order valence-corrected chi connectivity index (χ4v) is 3.24. The second-order valence-electron chi connectivity index (χ2n) is 6.96. The molecule has 1 unspecified atom stereocenters.